The van der Waals surface area contributed by atoms with Gasteiger partial charge in [0.15, 0.2) is 5.69 Å². The second-order valence-corrected chi connectivity index (χ2v) is 3.42. The number of hydrogen-bond donors (Lipinski definition) is 0. The van der Waals surface area contributed by atoms with Gasteiger partial charge in [-0.25, -0.2) is 9.78 Å². The molecule has 0 saturated carbocycles. The summed E-state index contributed by atoms with van der Waals surface area (Å²) in [5.41, 5.74) is 1.30. The van der Waals surface area contributed by atoms with Gasteiger partial charge in [-0.15, -0.1) is 0 Å². The zero-order chi connectivity index (χ0) is 11.5. The van der Waals surface area contributed by atoms with Crippen molar-refractivity contribution < 1.29 is 9.53 Å². The maximum atomic E-state index is 11.3. The van der Waals surface area contributed by atoms with Gasteiger partial charge >= 0.3 is 5.97 Å². The average molecular weight is 216 g/mol. The second kappa shape index (κ2) is 4.18. The van der Waals surface area contributed by atoms with Gasteiger partial charge in [-0.05, 0) is 0 Å². The van der Waals surface area contributed by atoms with Gasteiger partial charge in [0.1, 0.15) is 5.82 Å². The van der Waals surface area contributed by atoms with E-state index in [1.54, 1.807) is 6.20 Å². The molecule has 1 aromatic carbocycles. The van der Waals surface area contributed by atoms with Crippen LogP contribution in [0.2, 0.25) is 0 Å². The topological polar surface area (TPSA) is 44.1 Å². The molecule has 1 heterocycles. The monoisotopic (exact) mass is 216 g/mol. The molecule has 0 atom stereocenters. The highest BCUT2D eigenvalue weighted by Crippen LogP contribution is 2.17. The highest BCUT2D eigenvalue weighted by atomic mass is 16.5. The van der Waals surface area contributed by atoms with Crippen LogP contribution in [0.4, 0.5) is 0 Å². The Morgan fingerprint density at radius 2 is 2.00 bits per heavy atom. The Labute approximate surface area is 93.5 Å². The van der Waals surface area contributed by atoms with E-state index in [2.05, 4.69) is 9.72 Å². The maximum Gasteiger partial charge on any atom is 0.358 e. The van der Waals surface area contributed by atoms with Gasteiger partial charge in [0.25, 0.3) is 0 Å². The SMILES string of the molecule is COC(=O)c1cn(C)c(-c2ccccc2)n1. The second-order valence-electron chi connectivity index (χ2n) is 3.42. The fourth-order valence-electron chi connectivity index (χ4n) is 1.52. The van der Waals surface area contributed by atoms with E-state index in [1.165, 1.54) is 7.11 Å². The first-order valence-corrected chi connectivity index (χ1v) is 4.89. The van der Waals surface area contributed by atoms with Crippen LogP contribution in [0.1, 0.15) is 10.5 Å². The number of imidazole rings is 1. The Morgan fingerprint density at radius 3 is 2.62 bits per heavy atom. The molecule has 0 aliphatic heterocycles. The van der Waals surface area contributed by atoms with Crippen LogP contribution in [0.15, 0.2) is 36.5 Å². The van der Waals surface area contributed by atoms with E-state index in [1.807, 2.05) is 41.9 Å². The van der Waals surface area contributed by atoms with Gasteiger partial charge in [0.2, 0.25) is 0 Å². The largest absolute Gasteiger partial charge is 0.464 e. The molecule has 0 bridgehead atoms. The number of carbonyl (C=O) groups is 1. The quantitative estimate of drug-likeness (QED) is 0.720. The minimum atomic E-state index is -0.419. The molecule has 82 valence electrons. The summed E-state index contributed by atoms with van der Waals surface area (Å²) in [6.07, 6.45) is 1.66. The smallest absolute Gasteiger partial charge is 0.358 e. The van der Waals surface area contributed by atoms with Crippen LogP contribution in [-0.2, 0) is 11.8 Å². The first-order chi connectivity index (χ1) is 7.72. The first-order valence-electron chi connectivity index (χ1n) is 4.89. The number of ether oxygens (including phenoxy) is 1. The summed E-state index contributed by atoms with van der Waals surface area (Å²) < 4.78 is 6.43. The van der Waals surface area contributed by atoms with Gasteiger partial charge in [-0.2, -0.15) is 0 Å². The number of aromatic nitrogens is 2. The number of nitrogens with zero attached hydrogens (tertiary/aromatic N) is 2. The molecule has 2 aromatic rings. The van der Waals surface area contributed by atoms with Crippen LogP contribution >= 0.6 is 0 Å². The van der Waals surface area contributed by atoms with Gasteiger partial charge in [0, 0.05) is 18.8 Å². The Kier molecular flexibility index (Phi) is 2.72. The molecule has 0 fully saturated rings. The summed E-state index contributed by atoms with van der Waals surface area (Å²) in [4.78, 5) is 15.6. The van der Waals surface area contributed by atoms with E-state index < -0.39 is 5.97 Å². The van der Waals surface area contributed by atoms with Crippen molar-refractivity contribution in [2.45, 2.75) is 0 Å². The van der Waals surface area contributed by atoms with Crippen molar-refractivity contribution in [3.05, 3.63) is 42.2 Å². The molecule has 0 unspecified atom stereocenters. The Bertz CT molecular complexity index is 503. The third-order valence-electron chi connectivity index (χ3n) is 2.30. The fourth-order valence-corrected chi connectivity index (χ4v) is 1.52. The molecular formula is C12H12N2O2. The predicted molar refractivity (Wildman–Crippen MR) is 60.0 cm³/mol. The highest BCUT2D eigenvalue weighted by Gasteiger charge is 2.13. The lowest BCUT2D eigenvalue weighted by Gasteiger charge is -1.99. The molecule has 0 N–H and O–H groups in total. The predicted octanol–water partition coefficient (Wildman–Crippen LogP) is 1.87. The molecule has 16 heavy (non-hydrogen) atoms. The minimum Gasteiger partial charge on any atom is -0.464 e. The molecule has 0 amide bonds. The Morgan fingerprint density at radius 1 is 1.31 bits per heavy atom. The van der Waals surface area contributed by atoms with Crippen LogP contribution in [0.3, 0.4) is 0 Å². The molecule has 4 heteroatoms. The molecule has 4 nitrogen and oxygen atoms in total. The molecule has 1 aromatic heterocycles. The van der Waals surface area contributed by atoms with Crippen LogP contribution < -0.4 is 0 Å². The third kappa shape index (κ3) is 1.82. The molecule has 0 spiro atoms. The third-order valence-corrected chi connectivity index (χ3v) is 2.30. The number of carbonyl (C=O) groups excluding carboxylic acids is 1. The maximum absolute atomic E-state index is 11.3. The Hall–Kier alpha value is -2.10. The highest BCUT2D eigenvalue weighted by molar-refractivity contribution is 5.87. The van der Waals surface area contributed by atoms with E-state index in [0.29, 0.717) is 5.69 Å². The number of hydrogen-bond acceptors (Lipinski definition) is 3. The summed E-state index contributed by atoms with van der Waals surface area (Å²) in [6.45, 7) is 0. The van der Waals surface area contributed by atoms with E-state index in [-0.39, 0.29) is 0 Å². The average Bonchev–Trinajstić information content (AvgIpc) is 2.71. The number of rotatable bonds is 2. The van der Waals surface area contributed by atoms with Crippen molar-refractivity contribution in [1.29, 1.82) is 0 Å². The van der Waals surface area contributed by atoms with Crippen molar-refractivity contribution in [2.75, 3.05) is 7.11 Å². The van der Waals surface area contributed by atoms with Gasteiger partial charge < -0.3 is 9.30 Å². The van der Waals surface area contributed by atoms with E-state index in [4.69, 9.17) is 0 Å². The number of esters is 1. The standard InChI is InChI=1S/C12H12N2O2/c1-14-8-10(12(15)16-2)13-11(14)9-6-4-3-5-7-9/h3-8H,1-2H3. The van der Waals surface area contributed by atoms with Crippen LogP contribution in [0.25, 0.3) is 11.4 Å². The molecule has 0 saturated heterocycles. The van der Waals surface area contributed by atoms with Gasteiger partial charge in [0.05, 0.1) is 7.11 Å². The summed E-state index contributed by atoms with van der Waals surface area (Å²) in [6, 6.07) is 9.70. The molecular weight excluding hydrogens is 204 g/mol. The number of benzene rings is 1. The summed E-state index contributed by atoms with van der Waals surface area (Å²) in [5, 5.41) is 0. The van der Waals surface area contributed by atoms with E-state index >= 15 is 0 Å². The van der Waals surface area contributed by atoms with E-state index in [0.717, 1.165) is 11.4 Å². The van der Waals surface area contributed by atoms with Crippen molar-refractivity contribution in [1.82, 2.24) is 9.55 Å². The minimum absolute atomic E-state index is 0.323. The summed E-state index contributed by atoms with van der Waals surface area (Å²) in [7, 11) is 3.20. The molecule has 0 radical (unpaired) electrons. The number of methoxy groups -OCH3 is 1. The lowest BCUT2D eigenvalue weighted by Crippen LogP contribution is -2.00. The number of aryl methyl sites for hydroxylation is 1. The molecule has 0 aliphatic rings. The lowest BCUT2D eigenvalue weighted by atomic mass is 10.2. The van der Waals surface area contributed by atoms with Crippen LogP contribution in [0, 0.1) is 0 Å². The van der Waals surface area contributed by atoms with E-state index in [9.17, 15) is 4.79 Å². The van der Waals surface area contributed by atoms with Crippen LogP contribution in [-0.4, -0.2) is 22.6 Å². The zero-order valence-corrected chi connectivity index (χ0v) is 9.18. The molecule has 2 rings (SSSR count). The van der Waals surface area contributed by atoms with Gasteiger partial charge in [-0.1, -0.05) is 30.3 Å². The van der Waals surface area contributed by atoms with Crippen molar-refractivity contribution in [2.24, 2.45) is 7.05 Å². The summed E-state index contributed by atoms with van der Waals surface area (Å²) >= 11 is 0. The zero-order valence-electron chi connectivity index (χ0n) is 9.18. The Balaban J connectivity index is 2.44. The molecule has 0 aliphatic carbocycles. The van der Waals surface area contributed by atoms with Crippen LogP contribution in [0.5, 0.6) is 0 Å². The van der Waals surface area contributed by atoms with Crippen molar-refractivity contribution in [3.8, 4) is 11.4 Å². The van der Waals surface area contributed by atoms with Gasteiger partial charge in [-0.3, -0.25) is 0 Å². The first kappa shape index (κ1) is 10.4. The normalized spacial score (nSPS) is 10.1. The lowest BCUT2D eigenvalue weighted by molar-refractivity contribution is 0.0594. The van der Waals surface area contributed by atoms with Crippen molar-refractivity contribution >= 4 is 5.97 Å². The summed E-state index contributed by atoms with van der Waals surface area (Å²) in [5.74, 6) is 0.332. The van der Waals surface area contributed by atoms with Crippen molar-refractivity contribution in [3.63, 3.8) is 0 Å². The fraction of sp³-hybridized carbons (Fsp3) is 0.167.